The van der Waals surface area contributed by atoms with E-state index in [2.05, 4.69) is 35.1 Å². The zero-order valence-corrected chi connectivity index (χ0v) is 31.7. The van der Waals surface area contributed by atoms with Gasteiger partial charge in [0.05, 0.1) is 12.1 Å². The van der Waals surface area contributed by atoms with E-state index in [1.807, 2.05) is 58.2 Å². The van der Waals surface area contributed by atoms with Crippen LogP contribution in [0.25, 0.3) is 10.8 Å². The van der Waals surface area contributed by atoms with Crippen LogP contribution in [-0.4, -0.2) is 80.9 Å². The molecule has 1 aliphatic heterocycles. The third kappa shape index (κ3) is 7.81. The van der Waals surface area contributed by atoms with Gasteiger partial charge in [-0.3, -0.25) is 19.2 Å². The van der Waals surface area contributed by atoms with Gasteiger partial charge < -0.3 is 35.8 Å². The van der Waals surface area contributed by atoms with Crippen molar-refractivity contribution in [3.63, 3.8) is 0 Å². The number of aromatic nitrogens is 1. The Bertz CT molecular complexity index is 1680. The first-order valence-electron chi connectivity index (χ1n) is 19.4. The Morgan fingerprint density at radius 1 is 0.962 bits per heavy atom. The van der Waals surface area contributed by atoms with Gasteiger partial charge in [0, 0.05) is 36.1 Å². The van der Waals surface area contributed by atoms with E-state index >= 15 is 0 Å². The summed E-state index contributed by atoms with van der Waals surface area (Å²) >= 11 is 0. The highest BCUT2D eigenvalue weighted by molar-refractivity contribution is 6.38. The molecule has 1 aromatic carbocycles. The monoisotopic (exact) mass is 718 g/mol. The normalized spacial score (nSPS) is 24.3. The molecule has 5 amide bonds. The van der Waals surface area contributed by atoms with Crippen LogP contribution in [0, 0.1) is 28.6 Å². The Hall–Kier alpha value is -4.09. The van der Waals surface area contributed by atoms with Crippen molar-refractivity contribution in [2.45, 2.75) is 136 Å². The summed E-state index contributed by atoms with van der Waals surface area (Å²) in [6.45, 7) is 12.9. The predicted octanol–water partition coefficient (Wildman–Crippen LogP) is 4.63. The van der Waals surface area contributed by atoms with Gasteiger partial charge in [0.25, 0.3) is 5.91 Å². The molecule has 12 nitrogen and oxygen atoms in total. The standard InChI is InChI=1S/C40H58N6O6/c1-7-13-28(33(47)35(49)41-25-18-19-25)42-34(48)32-30-27(40(30,5)6)21-46(32)37(51)31(23-14-9-8-10-15-23)44-38(52)43-29(39(2,3)4)22-45-20-24-16-11-12-17-26(24)36(45)50/h11-12,16-17,20,23,25,27-32,50H,7-10,13-15,18-19,21-22H2,1-6H3,(H,41,49)(H,42,48)(H2,43,44,52)/t27-,28?,29+,30-,31-,32-/m0/s1. The Labute approximate surface area is 307 Å². The molecule has 3 saturated carbocycles. The highest BCUT2D eigenvalue weighted by atomic mass is 16.3. The predicted molar refractivity (Wildman–Crippen MR) is 198 cm³/mol. The maximum Gasteiger partial charge on any atom is 0.315 e. The molecule has 6 rings (SSSR count). The van der Waals surface area contributed by atoms with E-state index in [4.69, 9.17) is 0 Å². The lowest BCUT2D eigenvalue weighted by Gasteiger charge is -2.38. The van der Waals surface area contributed by atoms with Gasteiger partial charge in [-0.1, -0.05) is 85.4 Å². The van der Waals surface area contributed by atoms with Gasteiger partial charge in [-0.05, 0) is 66.8 Å². The van der Waals surface area contributed by atoms with Crippen LogP contribution in [-0.2, 0) is 25.7 Å². The number of benzene rings is 1. The summed E-state index contributed by atoms with van der Waals surface area (Å²) in [4.78, 5) is 70.3. The number of amides is 5. The molecule has 1 aromatic heterocycles. The van der Waals surface area contributed by atoms with Crippen LogP contribution in [0.1, 0.15) is 99.3 Å². The lowest BCUT2D eigenvalue weighted by atomic mass is 9.83. The molecule has 1 saturated heterocycles. The molecule has 0 bridgehead atoms. The van der Waals surface area contributed by atoms with Gasteiger partial charge in [-0.15, -0.1) is 0 Å². The van der Waals surface area contributed by atoms with E-state index < -0.39 is 53.2 Å². The highest BCUT2D eigenvalue weighted by Crippen LogP contribution is 2.65. The molecule has 0 spiro atoms. The first-order chi connectivity index (χ1) is 24.6. The Kier molecular flexibility index (Phi) is 10.7. The minimum absolute atomic E-state index is 0.0201. The lowest BCUT2D eigenvalue weighted by molar-refractivity contribution is -0.145. The van der Waals surface area contributed by atoms with Crippen LogP contribution in [0.4, 0.5) is 4.79 Å². The minimum Gasteiger partial charge on any atom is -0.494 e. The second kappa shape index (κ2) is 14.7. The lowest BCUT2D eigenvalue weighted by Crippen LogP contribution is -2.61. The summed E-state index contributed by atoms with van der Waals surface area (Å²) in [5, 5.41) is 24.4. The number of rotatable bonds is 13. The molecule has 284 valence electrons. The van der Waals surface area contributed by atoms with Crippen molar-refractivity contribution in [3.05, 3.63) is 30.5 Å². The largest absolute Gasteiger partial charge is 0.494 e. The number of ketones is 1. The molecular formula is C40H58N6O6. The van der Waals surface area contributed by atoms with Crippen LogP contribution in [0.5, 0.6) is 5.88 Å². The van der Waals surface area contributed by atoms with Crippen molar-refractivity contribution < 1.29 is 29.1 Å². The van der Waals surface area contributed by atoms with Crippen molar-refractivity contribution in [2.24, 2.45) is 28.6 Å². The highest BCUT2D eigenvalue weighted by Gasteiger charge is 2.69. The number of hydrogen-bond donors (Lipinski definition) is 5. The molecule has 6 atom stereocenters. The van der Waals surface area contributed by atoms with E-state index in [1.165, 1.54) is 0 Å². The van der Waals surface area contributed by atoms with Crippen molar-refractivity contribution in [3.8, 4) is 5.88 Å². The van der Waals surface area contributed by atoms with Gasteiger partial charge in [-0.2, -0.15) is 0 Å². The molecular weight excluding hydrogens is 660 g/mol. The van der Waals surface area contributed by atoms with E-state index in [0.717, 1.165) is 55.7 Å². The summed E-state index contributed by atoms with van der Waals surface area (Å²) in [5.74, 6) is -1.97. The van der Waals surface area contributed by atoms with Gasteiger partial charge in [0.15, 0.2) is 5.88 Å². The minimum atomic E-state index is -0.973. The zero-order valence-electron chi connectivity index (χ0n) is 31.7. The molecule has 1 unspecified atom stereocenters. The van der Waals surface area contributed by atoms with Gasteiger partial charge in [-0.25, -0.2) is 4.79 Å². The van der Waals surface area contributed by atoms with E-state index in [9.17, 15) is 29.1 Å². The second-order valence-corrected chi connectivity index (χ2v) is 17.5. The van der Waals surface area contributed by atoms with E-state index in [1.54, 1.807) is 9.47 Å². The van der Waals surface area contributed by atoms with Gasteiger partial charge >= 0.3 is 6.03 Å². The number of hydrogen-bond acceptors (Lipinski definition) is 6. The number of piperidine rings is 1. The van der Waals surface area contributed by atoms with Crippen molar-refractivity contribution in [1.29, 1.82) is 0 Å². The number of aromatic hydroxyl groups is 1. The third-order valence-electron chi connectivity index (χ3n) is 12.3. The average Bonchev–Trinajstić information content (AvgIpc) is 3.90. The SMILES string of the molecule is CCCC(NC(=O)[C@@H]1[C@@H]2[C@H](CN1C(=O)[C@@H](NC(=O)N[C@H](Cn1cc3ccccc3c1O)C(C)(C)C)C1CCCCC1)C2(C)C)C(=O)C(=O)NC1CC1. The summed E-state index contributed by atoms with van der Waals surface area (Å²) < 4.78 is 1.75. The number of likely N-dealkylation sites (tertiary alicyclic amines) is 1. The van der Waals surface area contributed by atoms with Crippen LogP contribution < -0.4 is 21.3 Å². The number of nitrogens with one attached hydrogen (secondary N) is 4. The molecule has 4 aliphatic rings. The van der Waals surface area contributed by atoms with E-state index in [0.29, 0.717) is 25.9 Å². The third-order valence-corrected chi connectivity index (χ3v) is 12.3. The molecule has 52 heavy (non-hydrogen) atoms. The van der Waals surface area contributed by atoms with Crippen molar-refractivity contribution in [2.75, 3.05) is 6.54 Å². The van der Waals surface area contributed by atoms with Crippen LogP contribution in [0.3, 0.4) is 0 Å². The summed E-state index contributed by atoms with van der Waals surface area (Å²) in [7, 11) is 0. The molecule has 12 heteroatoms. The maximum absolute atomic E-state index is 14.7. The summed E-state index contributed by atoms with van der Waals surface area (Å²) in [6.07, 6.45) is 9.03. The molecule has 2 aromatic rings. The Morgan fingerprint density at radius 3 is 2.29 bits per heavy atom. The molecule has 4 fully saturated rings. The van der Waals surface area contributed by atoms with Crippen LogP contribution in [0.2, 0.25) is 0 Å². The number of Topliss-reactive ketones (excluding diaryl/α,β-unsaturated/α-hetero) is 1. The van der Waals surface area contributed by atoms with E-state index in [-0.39, 0.29) is 41.0 Å². The fourth-order valence-corrected chi connectivity index (χ4v) is 8.71. The molecule has 3 aliphatic carbocycles. The smallest absolute Gasteiger partial charge is 0.315 e. The fraction of sp³-hybridized carbons (Fsp3) is 0.675. The first-order valence-corrected chi connectivity index (χ1v) is 19.4. The number of urea groups is 1. The topological polar surface area (TPSA) is 162 Å². The van der Waals surface area contributed by atoms with Crippen LogP contribution in [0.15, 0.2) is 30.5 Å². The molecule has 5 N–H and O–H groups in total. The maximum atomic E-state index is 14.7. The van der Waals surface area contributed by atoms with Gasteiger partial charge in [0.2, 0.25) is 17.6 Å². The van der Waals surface area contributed by atoms with Crippen molar-refractivity contribution >= 4 is 40.3 Å². The Morgan fingerprint density at radius 2 is 1.65 bits per heavy atom. The first kappa shape index (κ1) is 37.7. The molecule has 2 heterocycles. The van der Waals surface area contributed by atoms with Crippen LogP contribution >= 0.6 is 0 Å². The summed E-state index contributed by atoms with van der Waals surface area (Å²) in [5.41, 5.74) is -0.552. The Balaban J connectivity index is 1.20. The number of fused-ring (bicyclic) bond motifs is 2. The number of nitrogens with zero attached hydrogens (tertiary/aromatic N) is 2. The van der Waals surface area contributed by atoms with Crippen molar-refractivity contribution in [1.82, 2.24) is 30.7 Å². The second-order valence-electron chi connectivity index (χ2n) is 17.5. The average molecular weight is 719 g/mol. The quantitative estimate of drug-likeness (QED) is 0.190. The number of carbonyl (C=O) groups excluding carboxylic acids is 5. The number of carbonyl (C=O) groups is 5. The fourth-order valence-electron chi connectivity index (χ4n) is 8.71. The summed E-state index contributed by atoms with van der Waals surface area (Å²) in [6, 6.07) is 4.11. The zero-order chi connectivity index (χ0) is 37.5. The van der Waals surface area contributed by atoms with Gasteiger partial charge in [0.1, 0.15) is 12.1 Å². The molecule has 0 radical (unpaired) electrons.